The molecule has 0 unspecified atom stereocenters. The second-order valence-corrected chi connectivity index (χ2v) is 9.35. The predicted octanol–water partition coefficient (Wildman–Crippen LogP) is 1.08. The van der Waals surface area contributed by atoms with Crippen molar-refractivity contribution < 1.29 is 22.7 Å². The molecule has 1 rings (SSSR count). The molecule has 0 spiro atoms. The fraction of sp³-hybridized carbons (Fsp3) is 0.722. The average Bonchev–Trinajstić information content (AvgIpc) is 2.91. The third-order valence-corrected chi connectivity index (χ3v) is 5.19. The Balaban J connectivity index is 2.46. The number of nitrogens with one attached hydrogen (secondary N) is 1. The molecule has 9 nitrogen and oxygen atoms in total. The van der Waals surface area contributed by atoms with Crippen LogP contribution in [0.2, 0.25) is 0 Å². The molecule has 0 radical (unpaired) electrons. The topological polar surface area (TPSA) is 111 Å². The first-order chi connectivity index (χ1) is 12.9. The fourth-order valence-electron chi connectivity index (χ4n) is 2.48. The fourth-order valence-corrected chi connectivity index (χ4v) is 3.55. The van der Waals surface area contributed by atoms with Crippen molar-refractivity contribution in [3.05, 3.63) is 12.0 Å². The zero-order valence-electron chi connectivity index (χ0n) is 17.6. The number of hydrogen-bond acceptors (Lipinski definition) is 6. The molecule has 0 aromatic carbocycles. The largest absolute Gasteiger partial charge is 0.456 e. The molecule has 1 amide bonds. The van der Waals surface area contributed by atoms with Crippen LogP contribution in [0.15, 0.2) is 11.2 Å². The predicted molar refractivity (Wildman–Crippen MR) is 105 cm³/mol. The van der Waals surface area contributed by atoms with Crippen LogP contribution in [0.1, 0.15) is 39.9 Å². The molecule has 1 aromatic heterocycles. The highest BCUT2D eigenvalue weighted by Crippen LogP contribution is 2.08. The summed E-state index contributed by atoms with van der Waals surface area (Å²) < 4.78 is 33.2. The highest BCUT2D eigenvalue weighted by Gasteiger charge is 2.20. The molecular formula is C18H32N4O5S. The van der Waals surface area contributed by atoms with Gasteiger partial charge in [-0.3, -0.25) is 9.59 Å². The number of rotatable bonds is 11. The minimum atomic E-state index is -3.79. The van der Waals surface area contributed by atoms with E-state index < -0.39 is 16.0 Å². The van der Waals surface area contributed by atoms with Crippen LogP contribution in [0.3, 0.4) is 0 Å². The van der Waals surface area contributed by atoms with Crippen LogP contribution in [0.5, 0.6) is 0 Å². The molecular weight excluding hydrogens is 384 g/mol. The maximum atomic E-state index is 12.3. The molecule has 0 aliphatic rings. The van der Waals surface area contributed by atoms with Gasteiger partial charge in [0.25, 0.3) is 15.9 Å². The Morgan fingerprint density at radius 3 is 2.25 bits per heavy atom. The van der Waals surface area contributed by atoms with E-state index in [4.69, 9.17) is 4.74 Å². The quantitative estimate of drug-likeness (QED) is 0.541. The number of imidazole rings is 1. The lowest BCUT2D eigenvalue weighted by Gasteiger charge is -2.26. The molecule has 1 aromatic rings. The highest BCUT2D eigenvalue weighted by molar-refractivity contribution is 7.89. The Kier molecular flexibility index (Phi) is 9.09. The molecule has 0 saturated carbocycles. The Morgan fingerprint density at radius 1 is 1.21 bits per heavy atom. The van der Waals surface area contributed by atoms with Crippen LogP contribution in [0.25, 0.3) is 0 Å². The molecule has 10 heteroatoms. The summed E-state index contributed by atoms with van der Waals surface area (Å²) in [5.74, 6) is 0.291. The molecule has 0 aliphatic carbocycles. The number of esters is 1. The van der Waals surface area contributed by atoms with Crippen LogP contribution in [0, 0.1) is 18.8 Å². The Bertz CT molecular complexity index is 741. The summed E-state index contributed by atoms with van der Waals surface area (Å²) >= 11 is 0. The molecule has 0 fully saturated rings. The van der Waals surface area contributed by atoms with Crippen LogP contribution in [-0.2, 0) is 31.4 Å². The van der Waals surface area contributed by atoms with Gasteiger partial charge in [0.05, 0.1) is 6.42 Å². The minimum Gasteiger partial charge on any atom is -0.456 e. The van der Waals surface area contributed by atoms with Crippen molar-refractivity contribution >= 4 is 21.9 Å². The summed E-state index contributed by atoms with van der Waals surface area (Å²) in [6.45, 7) is 10.5. The van der Waals surface area contributed by atoms with E-state index in [2.05, 4.69) is 9.71 Å². The Morgan fingerprint density at radius 2 is 1.79 bits per heavy atom. The smallest absolute Gasteiger partial charge is 0.307 e. The van der Waals surface area contributed by atoms with Crippen LogP contribution < -0.4 is 4.72 Å². The van der Waals surface area contributed by atoms with E-state index in [1.807, 2.05) is 27.7 Å². The second kappa shape index (κ2) is 10.6. The molecule has 0 bridgehead atoms. The zero-order valence-corrected chi connectivity index (χ0v) is 18.4. The monoisotopic (exact) mass is 416 g/mol. The second-order valence-electron chi connectivity index (χ2n) is 7.63. The summed E-state index contributed by atoms with van der Waals surface area (Å²) in [7, 11) is -2.10. The summed E-state index contributed by atoms with van der Waals surface area (Å²) in [4.78, 5) is 29.8. The van der Waals surface area contributed by atoms with Crippen molar-refractivity contribution in [2.24, 2.45) is 18.9 Å². The number of aryl methyl sites for hydroxylation is 2. The number of carbonyl (C=O) groups is 2. The van der Waals surface area contributed by atoms with Gasteiger partial charge in [0.1, 0.15) is 5.82 Å². The van der Waals surface area contributed by atoms with E-state index in [1.165, 1.54) is 6.20 Å². The highest BCUT2D eigenvalue weighted by atomic mass is 32.2. The van der Waals surface area contributed by atoms with Gasteiger partial charge in [0.2, 0.25) is 0 Å². The van der Waals surface area contributed by atoms with Crippen LogP contribution in [0.4, 0.5) is 0 Å². The molecule has 1 heterocycles. The van der Waals surface area contributed by atoms with Crippen molar-refractivity contribution in [2.75, 3.05) is 26.2 Å². The number of amides is 1. The SMILES string of the molecule is Cc1nc(S(=O)(=O)NCCC(=O)OCC(=O)N(CC(C)C)CC(C)C)cn1C. The summed E-state index contributed by atoms with van der Waals surface area (Å²) in [6, 6.07) is 0. The van der Waals surface area contributed by atoms with E-state index in [0.29, 0.717) is 30.7 Å². The van der Waals surface area contributed by atoms with Gasteiger partial charge in [0.15, 0.2) is 11.6 Å². The number of nitrogens with zero attached hydrogens (tertiary/aromatic N) is 3. The van der Waals surface area contributed by atoms with E-state index in [9.17, 15) is 18.0 Å². The van der Waals surface area contributed by atoms with Gasteiger partial charge in [-0.05, 0) is 18.8 Å². The van der Waals surface area contributed by atoms with Crippen LogP contribution >= 0.6 is 0 Å². The van der Waals surface area contributed by atoms with E-state index in [0.717, 1.165) is 0 Å². The molecule has 0 atom stereocenters. The minimum absolute atomic E-state index is 0.103. The number of aromatic nitrogens is 2. The first-order valence-corrected chi connectivity index (χ1v) is 10.8. The third kappa shape index (κ3) is 7.97. The number of carbonyl (C=O) groups excluding carboxylic acids is 2. The summed E-state index contributed by atoms with van der Waals surface area (Å²) in [5.41, 5.74) is 0. The standard InChI is InChI=1S/C18H32N4O5S/c1-13(2)9-22(10-14(3)4)17(23)12-27-18(24)7-8-19-28(25,26)16-11-21(6)15(5)20-16/h11,13-14,19H,7-10,12H2,1-6H3. The molecule has 0 aliphatic heterocycles. The summed E-state index contributed by atoms with van der Waals surface area (Å²) in [6.07, 6.45) is 1.22. The Labute approximate surface area is 167 Å². The van der Waals surface area contributed by atoms with E-state index >= 15 is 0 Å². The lowest BCUT2D eigenvalue weighted by atomic mass is 10.1. The third-order valence-electron chi connectivity index (χ3n) is 3.86. The number of sulfonamides is 1. The van der Waals surface area contributed by atoms with Crippen molar-refractivity contribution in [1.29, 1.82) is 0 Å². The lowest BCUT2D eigenvalue weighted by molar-refractivity contribution is -0.152. The normalized spacial score (nSPS) is 11.9. The van der Waals surface area contributed by atoms with Crippen molar-refractivity contribution in [2.45, 2.75) is 46.1 Å². The Hall–Kier alpha value is -1.94. The average molecular weight is 417 g/mol. The van der Waals surface area contributed by atoms with Crippen LogP contribution in [-0.4, -0.2) is 61.0 Å². The first-order valence-electron chi connectivity index (χ1n) is 9.35. The van der Waals surface area contributed by atoms with Gasteiger partial charge in [-0.15, -0.1) is 0 Å². The first kappa shape index (κ1) is 24.1. The maximum absolute atomic E-state index is 12.3. The van der Waals surface area contributed by atoms with Gasteiger partial charge in [-0.1, -0.05) is 27.7 Å². The van der Waals surface area contributed by atoms with Gasteiger partial charge in [-0.2, -0.15) is 0 Å². The molecule has 28 heavy (non-hydrogen) atoms. The number of ether oxygens (including phenoxy) is 1. The van der Waals surface area contributed by atoms with Gasteiger partial charge < -0.3 is 14.2 Å². The molecule has 160 valence electrons. The lowest BCUT2D eigenvalue weighted by Crippen LogP contribution is -2.39. The molecule has 1 N–H and O–H groups in total. The molecule has 0 saturated heterocycles. The van der Waals surface area contributed by atoms with Crippen molar-refractivity contribution in [3.8, 4) is 0 Å². The number of hydrogen-bond donors (Lipinski definition) is 1. The van der Waals surface area contributed by atoms with E-state index in [1.54, 1.807) is 23.4 Å². The van der Waals surface area contributed by atoms with Gasteiger partial charge >= 0.3 is 5.97 Å². The van der Waals surface area contributed by atoms with Gasteiger partial charge in [0, 0.05) is 32.9 Å². The van der Waals surface area contributed by atoms with E-state index in [-0.39, 0.29) is 30.5 Å². The summed E-state index contributed by atoms with van der Waals surface area (Å²) in [5, 5.41) is -0.103. The zero-order chi connectivity index (χ0) is 21.5. The van der Waals surface area contributed by atoms with Gasteiger partial charge in [-0.25, -0.2) is 18.1 Å². The maximum Gasteiger partial charge on any atom is 0.307 e. The van der Waals surface area contributed by atoms with Crippen molar-refractivity contribution in [3.63, 3.8) is 0 Å². The van der Waals surface area contributed by atoms with Crippen molar-refractivity contribution in [1.82, 2.24) is 19.2 Å².